The molecule has 2 N–H and O–H groups in total. The highest BCUT2D eigenvalue weighted by atomic mass is 127. The number of carbonyl (C=O) groups excluding carboxylic acids is 1. The Balaban J connectivity index is 0.00000441. The lowest BCUT2D eigenvalue weighted by atomic mass is 10.2. The van der Waals surface area contributed by atoms with Crippen LogP contribution in [0.3, 0.4) is 0 Å². The second-order valence-corrected chi connectivity index (χ2v) is 4.30. The van der Waals surface area contributed by atoms with Crippen LogP contribution in [0.1, 0.15) is 18.9 Å². The predicted molar refractivity (Wildman–Crippen MR) is 97.9 cm³/mol. The number of nitrogens with one attached hydrogen (secondary N) is 2. The van der Waals surface area contributed by atoms with Crippen LogP contribution in [0.4, 0.5) is 0 Å². The highest BCUT2D eigenvalue weighted by molar-refractivity contribution is 14.0. The van der Waals surface area contributed by atoms with E-state index in [0.29, 0.717) is 25.5 Å². The van der Waals surface area contributed by atoms with Crippen LogP contribution in [0, 0.1) is 0 Å². The zero-order valence-corrected chi connectivity index (χ0v) is 15.5. The minimum absolute atomic E-state index is 0. The Bertz CT molecular complexity index is 481. The van der Waals surface area contributed by atoms with E-state index in [4.69, 9.17) is 4.74 Å². The number of benzene rings is 1. The van der Waals surface area contributed by atoms with E-state index in [-0.39, 0.29) is 29.9 Å². The fourth-order valence-corrected chi connectivity index (χ4v) is 1.67. The van der Waals surface area contributed by atoms with Crippen LogP contribution in [0.15, 0.2) is 29.3 Å². The van der Waals surface area contributed by atoms with Gasteiger partial charge in [-0.2, -0.15) is 0 Å². The third-order valence-corrected chi connectivity index (χ3v) is 2.75. The zero-order valence-electron chi connectivity index (χ0n) is 13.2. The van der Waals surface area contributed by atoms with E-state index in [0.717, 1.165) is 17.9 Å². The topological polar surface area (TPSA) is 72.0 Å². The van der Waals surface area contributed by atoms with Crippen molar-refractivity contribution < 1.29 is 14.3 Å². The van der Waals surface area contributed by atoms with Crippen molar-refractivity contribution in [1.29, 1.82) is 0 Å². The number of halogens is 1. The van der Waals surface area contributed by atoms with Gasteiger partial charge in [0.25, 0.3) is 0 Å². The second kappa shape index (κ2) is 12.1. The summed E-state index contributed by atoms with van der Waals surface area (Å²) in [5.74, 6) is 1.24. The number of methoxy groups -OCH3 is 2. The molecule has 0 atom stereocenters. The minimum Gasteiger partial charge on any atom is -0.497 e. The normalized spacial score (nSPS) is 10.4. The third-order valence-electron chi connectivity index (χ3n) is 2.75. The van der Waals surface area contributed by atoms with Gasteiger partial charge < -0.3 is 20.1 Å². The summed E-state index contributed by atoms with van der Waals surface area (Å²) in [6.45, 7) is 3.76. The lowest BCUT2D eigenvalue weighted by molar-refractivity contribution is -0.140. The van der Waals surface area contributed by atoms with Gasteiger partial charge in [-0.3, -0.25) is 4.79 Å². The minimum atomic E-state index is -0.244. The van der Waals surface area contributed by atoms with E-state index >= 15 is 0 Å². The van der Waals surface area contributed by atoms with Crippen LogP contribution in [0.2, 0.25) is 0 Å². The SMILES string of the molecule is CCNC(=NCc1cccc(OC)c1)NCCC(=O)OC.I. The molecule has 0 aliphatic heterocycles. The first-order valence-electron chi connectivity index (χ1n) is 6.91. The molecule has 22 heavy (non-hydrogen) atoms. The molecule has 0 heterocycles. The van der Waals surface area contributed by atoms with Crippen molar-refractivity contribution in [2.45, 2.75) is 19.9 Å². The van der Waals surface area contributed by atoms with Crippen molar-refractivity contribution in [1.82, 2.24) is 10.6 Å². The molecular formula is C15H24IN3O3. The monoisotopic (exact) mass is 421 g/mol. The third kappa shape index (κ3) is 8.06. The van der Waals surface area contributed by atoms with Gasteiger partial charge in [0.15, 0.2) is 5.96 Å². The summed E-state index contributed by atoms with van der Waals surface area (Å²) < 4.78 is 9.78. The van der Waals surface area contributed by atoms with E-state index in [1.807, 2.05) is 31.2 Å². The summed E-state index contributed by atoms with van der Waals surface area (Å²) in [7, 11) is 3.02. The fourth-order valence-electron chi connectivity index (χ4n) is 1.67. The summed E-state index contributed by atoms with van der Waals surface area (Å²) in [5, 5.41) is 6.22. The zero-order chi connectivity index (χ0) is 15.5. The average molecular weight is 421 g/mol. The molecule has 1 rings (SSSR count). The fraction of sp³-hybridized carbons (Fsp3) is 0.467. The standard InChI is InChI=1S/C15H23N3O3.HI/c1-4-16-15(17-9-8-14(19)21-3)18-11-12-6-5-7-13(10-12)20-2;/h5-7,10H,4,8-9,11H2,1-3H3,(H2,16,17,18);1H. The van der Waals surface area contributed by atoms with Crippen LogP contribution >= 0.6 is 24.0 Å². The van der Waals surface area contributed by atoms with Crippen molar-refractivity contribution in [2.24, 2.45) is 4.99 Å². The molecule has 124 valence electrons. The van der Waals surface area contributed by atoms with Crippen molar-refractivity contribution in [3.05, 3.63) is 29.8 Å². The van der Waals surface area contributed by atoms with Crippen molar-refractivity contribution in [2.75, 3.05) is 27.3 Å². The van der Waals surface area contributed by atoms with E-state index in [2.05, 4.69) is 20.4 Å². The molecule has 0 aromatic heterocycles. The summed E-state index contributed by atoms with van der Waals surface area (Å²) in [6.07, 6.45) is 0.306. The molecule has 0 unspecified atom stereocenters. The first-order chi connectivity index (χ1) is 10.2. The molecule has 0 saturated carbocycles. The van der Waals surface area contributed by atoms with Gasteiger partial charge in [-0.15, -0.1) is 24.0 Å². The summed E-state index contributed by atoms with van der Waals surface area (Å²) >= 11 is 0. The highest BCUT2D eigenvalue weighted by Crippen LogP contribution is 2.12. The van der Waals surface area contributed by atoms with Gasteiger partial charge in [0.05, 0.1) is 27.2 Å². The summed E-state index contributed by atoms with van der Waals surface area (Å²) in [5.41, 5.74) is 1.06. The average Bonchev–Trinajstić information content (AvgIpc) is 2.52. The maximum absolute atomic E-state index is 11.1. The molecule has 0 amide bonds. The number of esters is 1. The Morgan fingerprint density at radius 2 is 2.05 bits per heavy atom. The van der Waals surface area contributed by atoms with Gasteiger partial charge in [0, 0.05) is 13.1 Å². The molecule has 1 aromatic rings. The number of hydrogen-bond donors (Lipinski definition) is 2. The number of nitrogens with zero attached hydrogens (tertiary/aromatic N) is 1. The molecule has 1 aromatic carbocycles. The first kappa shape index (κ1) is 20.5. The molecular weight excluding hydrogens is 397 g/mol. The van der Waals surface area contributed by atoms with Gasteiger partial charge >= 0.3 is 5.97 Å². The molecule has 0 bridgehead atoms. The molecule has 7 heteroatoms. The number of carbonyl (C=O) groups is 1. The van der Waals surface area contributed by atoms with Gasteiger partial charge in [-0.25, -0.2) is 4.99 Å². The quantitative estimate of drug-likeness (QED) is 0.305. The Labute approximate surface area is 148 Å². The van der Waals surface area contributed by atoms with Crippen LogP contribution in [0.25, 0.3) is 0 Å². The number of rotatable bonds is 7. The molecule has 0 fully saturated rings. The lowest BCUT2D eigenvalue weighted by Crippen LogP contribution is -2.38. The Kier molecular flexibility index (Phi) is 11.2. The van der Waals surface area contributed by atoms with E-state index in [1.54, 1.807) is 7.11 Å². The van der Waals surface area contributed by atoms with Gasteiger partial charge in [0.2, 0.25) is 0 Å². The first-order valence-corrected chi connectivity index (χ1v) is 6.91. The number of hydrogen-bond acceptors (Lipinski definition) is 4. The number of ether oxygens (including phenoxy) is 2. The smallest absolute Gasteiger partial charge is 0.307 e. The second-order valence-electron chi connectivity index (χ2n) is 4.30. The molecule has 0 aliphatic rings. The Hall–Kier alpha value is -1.51. The van der Waals surface area contributed by atoms with Crippen molar-refractivity contribution >= 4 is 35.9 Å². The van der Waals surface area contributed by atoms with Gasteiger partial charge in [-0.1, -0.05) is 12.1 Å². The molecule has 6 nitrogen and oxygen atoms in total. The number of aliphatic imine (C=N–C) groups is 1. The van der Waals surface area contributed by atoms with Gasteiger partial charge in [0.1, 0.15) is 5.75 Å². The Morgan fingerprint density at radius 1 is 1.27 bits per heavy atom. The Morgan fingerprint density at radius 3 is 2.68 bits per heavy atom. The highest BCUT2D eigenvalue weighted by Gasteiger charge is 2.02. The van der Waals surface area contributed by atoms with Crippen LogP contribution < -0.4 is 15.4 Å². The largest absolute Gasteiger partial charge is 0.497 e. The van der Waals surface area contributed by atoms with Crippen LogP contribution in [0.5, 0.6) is 5.75 Å². The summed E-state index contributed by atoms with van der Waals surface area (Å²) in [6, 6.07) is 7.76. The molecule has 0 spiro atoms. The van der Waals surface area contributed by atoms with E-state index in [1.165, 1.54) is 7.11 Å². The molecule has 0 saturated heterocycles. The van der Waals surface area contributed by atoms with Crippen LogP contribution in [-0.2, 0) is 16.1 Å². The van der Waals surface area contributed by atoms with E-state index in [9.17, 15) is 4.79 Å². The lowest BCUT2D eigenvalue weighted by Gasteiger charge is -2.11. The van der Waals surface area contributed by atoms with E-state index < -0.39 is 0 Å². The van der Waals surface area contributed by atoms with Crippen molar-refractivity contribution in [3.63, 3.8) is 0 Å². The van der Waals surface area contributed by atoms with Crippen LogP contribution in [-0.4, -0.2) is 39.2 Å². The summed E-state index contributed by atoms with van der Waals surface area (Å²) in [4.78, 5) is 15.5. The molecule has 0 radical (unpaired) electrons. The maximum atomic E-state index is 11.1. The predicted octanol–water partition coefficient (Wildman–Crippen LogP) is 1.93. The maximum Gasteiger partial charge on any atom is 0.307 e. The number of guanidine groups is 1. The van der Waals surface area contributed by atoms with Crippen molar-refractivity contribution in [3.8, 4) is 5.75 Å². The molecule has 0 aliphatic carbocycles. The van der Waals surface area contributed by atoms with Gasteiger partial charge in [-0.05, 0) is 24.6 Å².